The van der Waals surface area contributed by atoms with Crippen molar-refractivity contribution in [1.82, 2.24) is 25.1 Å². The molecule has 0 aliphatic carbocycles. The van der Waals surface area contributed by atoms with Crippen LogP contribution in [-0.2, 0) is 20.0 Å². The summed E-state index contributed by atoms with van der Waals surface area (Å²) >= 11 is 0. The Morgan fingerprint density at radius 2 is 1.67 bits per heavy atom. The first kappa shape index (κ1) is 19.3. The summed E-state index contributed by atoms with van der Waals surface area (Å²) in [5.74, 6) is 2.07. The van der Waals surface area contributed by atoms with Crippen molar-refractivity contribution in [2.45, 2.75) is 51.7 Å². The Labute approximate surface area is 178 Å². The van der Waals surface area contributed by atoms with Crippen molar-refractivity contribution in [3.05, 3.63) is 41.7 Å². The molecule has 2 aliphatic heterocycles. The van der Waals surface area contributed by atoms with Gasteiger partial charge >= 0.3 is 0 Å². The van der Waals surface area contributed by atoms with Crippen LogP contribution in [0.25, 0.3) is 11.0 Å². The van der Waals surface area contributed by atoms with Crippen molar-refractivity contribution in [2.24, 2.45) is 7.05 Å². The third kappa shape index (κ3) is 3.86. The lowest BCUT2D eigenvalue weighted by Gasteiger charge is -2.27. The molecule has 5 heterocycles. The minimum Gasteiger partial charge on any atom is -0.355 e. The van der Waals surface area contributed by atoms with Gasteiger partial charge in [-0.3, -0.25) is 4.68 Å². The number of aromatic nitrogens is 4. The number of nitrogens with one attached hydrogen (secondary N) is 1. The molecule has 0 radical (unpaired) electrons. The van der Waals surface area contributed by atoms with E-state index in [0.29, 0.717) is 6.04 Å². The smallest absolute Gasteiger partial charge is 0.129 e. The topological polar surface area (TPSA) is 62.1 Å². The molecule has 158 valence electrons. The normalized spacial score (nSPS) is 19.5. The van der Waals surface area contributed by atoms with Gasteiger partial charge in [-0.15, -0.1) is 0 Å². The largest absolute Gasteiger partial charge is 0.355 e. The van der Waals surface area contributed by atoms with E-state index in [0.717, 1.165) is 61.7 Å². The number of hydrogen-bond acceptors (Lipinski definition) is 6. The second kappa shape index (κ2) is 7.23. The number of rotatable bonds is 3. The van der Waals surface area contributed by atoms with Crippen LogP contribution in [0.15, 0.2) is 30.5 Å². The molecule has 7 nitrogen and oxygen atoms in total. The molecule has 3 aromatic heterocycles. The van der Waals surface area contributed by atoms with E-state index < -0.39 is 0 Å². The molecule has 0 spiro atoms. The number of anilines is 2. The molecule has 3 aromatic rings. The standard InChI is InChI=1S/C23H31N7/c1-23(2,3)26-17-9-11-30(15-17)22-8-6-19-20(25-22)5-7-21(24-19)29-12-10-18-16(14-29)13-28(4)27-18/h5-8,13,17,26H,9-12,14-15H2,1-4H3/t17-/m0/s1. The van der Waals surface area contributed by atoms with E-state index in [1.54, 1.807) is 0 Å². The highest BCUT2D eigenvalue weighted by atomic mass is 15.3. The van der Waals surface area contributed by atoms with Gasteiger partial charge in [-0.2, -0.15) is 5.10 Å². The average Bonchev–Trinajstić information content (AvgIpc) is 3.30. The third-order valence-corrected chi connectivity index (χ3v) is 5.96. The first-order valence-electron chi connectivity index (χ1n) is 10.9. The highest BCUT2D eigenvalue weighted by Crippen LogP contribution is 2.26. The van der Waals surface area contributed by atoms with Crippen molar-refractivity contribution >= 4 is 22.7 Å². The predicted octanol–water partition coefficient (Wildman–Crippen LogP) is 2.89. The fraction of sp³-hybridized carbons (Fsp3) is 0.522. The van der Waals surface area contributed by atoms with Gasteiger partial charge in [0.1, 0.15) is 11.6 Å². The van der Waals surface area contributed by atoms with Gasteiger partial charge in [0.15, 0.2) is 0 Å². The molecular formula is C23H31N7. The Kier molecular flexibility index (Phi) is 4.65. The van der Waals surface area contributed by atoms with E-state index in [4.69, 9.17) is 9.97 Å². The monoisotopic (exact) mass is 405 g/mol. The van der Waals surface area contributed by atoms with Gasteiger partial charge in [0.25, 0.3) is 0 Å². The van der Waals surface area contributed by atoms with Crippen LogP contribution in [0.3, 0.4) is 0 Å². The zero-order chi connectivity index (χ0) is 20.9. The van der Waals surface area contributed by atoms with E-state index >= 15 is 0 Å². The summed E-state index contributed by atoms with van der Waals surface area (Å²) in [6.45, 7) is 10.5. The summed E-state index contributed by atoms with van der Waals surface area (Å²) < 4.78 is 1.91. The molecule has 0 bridgehead atoms. The summed E-state index contributed by atoms with van der Waals surface area (Å²) in [6.07, 6.45) is 4.24. The van der Waals surface area contributed by atoms with Gasteiger partial charge in [0.05, 0.1) is 16.7 Å². The molecule has 0 aromatic carbocycles. The minimum absolute atomic E-state index is 0.142. The first-order valence-corrected chi connectivity index (χ1v) is 10.9. The van der Waals surface area contributed by atoms with Gasteiger partial charge in [0.2, 0.25) is 0 Å². The number of nitrogens with zero attached hydrogens (tertiary/aromatic N) is 6. The lowest BCUT2D eigenvalue weighted by molar-refractivity contribution is 0.373. The van der Waals surface area contributed by atoms with Crippen LogP contribution in [0.5, 0.6) is 0 Å². The summed E-state index contributed by atoms with van der Waals surface area (Å²) in [5.41, 5.74) is 4.57. The van der Waals surface area contributed by atoms with Gasteiger partial charge in [-0.05, 0) is 51.5 Å². The van der Waals surface area contributed by atoms with Gasteiger partial charge in [-0.1, -0.05) is 0 Å². The second-order valence-corrected chi connectivity index (χ2v) is 9.65. The minimum atomic E-state index is 0.142. The Bertz CT molecular complexity index is 1070. The van der Waals surface area contributed by atoms with Crippen LogP contribution in [0.2, 0.25) is 0 Å². The summed E-state index contributed by atoms with van der Waals surface area (Å²) in [5, 5.41) is 8.27. The van der Waals surface area contributed by atoms with Crippen molar-refractivity contribution < 1.29 is 0 Å². The molecule has 0 unspecified atom stereocenters. The van der Waals surface area contributed by atoms with Gasteiger partial charge < -0.3 is 15.1 Å². The van der Waals surface area contributed by atoms with Crippen LogP contribution in [-0.4, -0.2) is 51.0 Å². The van der Waals surface area contributed by atoms with Gasteiger partial charge in [-0.25, -0.2) is 9.97 Å². The van der Waals surface area contributed by atoms with Crippen LogP contribution in [0.4, 0.5) is 11.6 Å². The highest BCUT2D eigenvalue weighted by Gasteiger charge is 2.27. The zero-order valence-corrected chi connectivity index (χ0v) is 18.4. The summed E-state index contributed by atoms with van der Waals surface area (Å²) in [6, 6.07) is 8.97. The molecule has 30 heavy (non-hydrogen) atoms. The van der Waals surface area contributed by atoms with Crippen LogP contribution in [0.1, 0.15) is 38.4 Å². The molecule has 1 fully saturated rings. The molecule has 1 saturated heterocycles. The molecule has 2 aliphatic rings. The number of hydrogen-bond donors (Lipinski definition) is 1. The molecule has 0 amide bonds. The molecule has 5 rings (SSSR count). The number of pyridine rings is 2. The lowest BCUT2D eigenvalue weighted by Crippen LogP contribution is -2.44. The Morgan fingerprint density at radius 3 is 2.37 bits per heavy atom. The second-order valence-electron chi connectivity index (χ2n) is 9.65. The Balaban J connectivity index is 1.32. The molecule has 0 saturated carbocycles. The number of aryl methyl sites for hydroxylation is 1. The van der Waals surface area contributed by atoms with Crippen LogP contribution >= 0.6 is 0 Å². The van der Waals surface area contributed by atoms with E-state index in [1.165, 1.54) is 11.3 Å². The van der Waals surface area contributed by atoms with Crippen molar-refractivity contribution in [3.63, 3.8) is 0 Å². The van der Waals surface area contributed by atoms with Crippen molar-refractivity contribution in [1.29, 1.82) is 0 Å². The van der Waals surface area contributed by atoms with Crippen LogP contribution < -0.4 is 15.1 Å². The fourth-order valence-corrected chi connectivity index (χ4v) is 4.69. The van der Waals surface area contributed by atoms with Gasteiger partial charge in [0, 0.05) is 63.0 Å². The Morgan fingerprint density at radius 1 is 0.967 bits per heavy atom. The fourth-order valence-electron chi connectivity index (χ4n) is 4.69. The van der Waals surface area contributed by atoms with E-state index in [2.05, 4.69) is 71.4 Å². The van der Waals surface area contributed by atoms with Crippen LogP contribution in [0, 0.1) is 0 Å². The maximum absolute atomic E-state index is 4.92. The SMILES string of the molecule is Cn1cc2c(n1)CCN(c1ccc3nc(N4CC[C@H](NC(C)(C)C)C4)ccc3n1)C2. The lowest BCUT2D eigenvalue weighted by atomic mass is 10.1. The third-order valence-electron chi connectivity index (χ3n) is 5.96. The van der Waals surface area contributed by atoms with E-state index in [1.807, 2.05) is 11.7 Å². The maximum atomic E-state index is 4.92. The average molecular weight is 406 g/mol. The number of fused-ring (bicyclic) bond motifs is 2. The molecule has 7 heteroatoms. The van der Waals surface area contributed by atoms with E-state index in [-0.39, 0.29) is 5.54 Å². The highest BCUT2D eigenvalue weighted by molar-refractivity contribution is 5.78. The summed E-state index contributed by atoms with van der Waals surface area (Å²) in [4.78, 5) is 14.5. The molecule has 1 N–H and O–H groups in total. The molecule has 1 atom stereocenters. The van der Waals surface area contributed by atoms with E-state index in [9.17, 15) is 0 Å². The Hall–Kier alpha value is -2.67. The first-order chi connectivity index (χ1) is 14.3. The predicted molar refractivity (Wildman–Crippen MR) is 121 cm³/mol. The zero-order valence-electron chi connectivity index (χ0n) is 18.4. The quantitative estimate of drug-likeness (QED) is 0.723. The summed E-state index contributed by atoms with van der Waals surface area (Å²) in [7, 11) is 1.99. The van der Waals surface area contributed by atoms with Crippen molar-refractivity contribution in [3.8, 4) is 0 Å². The van der Waals surface area contributed by atoms with Crippen molar-refractivity contribution in [2.75, 3.05) is 29.4 Å². The molecular weight excluding hydrogens is 374 g/mol. The maximum Gasteiger partial charge on any atom is 0.129 e.